The molecule has 0 heterocycles. The summed E-state index contributed by atoms with van der Waals surface area (Å²) in [5.41, 5.74) is 0.870. The number of aliphatic hydroxyl groups is 1. The van der Waals surface area contributed by atoms with Crippen molar-refractivity contribution in [2.75, 3.05) is 0 Å². The van der Waals surface area contributed by atoms with Crippen molar-refractivity contribution in [1.29, 1.82) is 0 Å². The molecule has 19 heavy (non-hydrogen) atoms. The number of rotatable bonds is 3. The highest BCUT2D eigenvalue weighted by Gasteiger charge is 2.46. The summed E-state index contributed by atoms with van der Waals surface area (Å²) in [5, 5.41) is 14.7. The van der Waals surface area contributed by atoms with Crippen molar-refractivity contribution in [3.8, 4) is 0 Å². The van der Waals surface area contributed by atoms with Crippen LogP contribution in [0.15, 0.2) is 30.3 Å². The van der Waals surface area contributed by atoms with E-state index in [2.05, 4.69) is 35.6 Å². The fourth-order valence-electron chi connectivity index (χ4n) is 4.04. The Labute approximate surface area is 116 Å². The minimum Gasteiger partial charge on any atom is -0.388 e. The summed E-state index contributed by atoms with van der Waals surface area (Å²) in [6.07, 6.45) is 8.32. The van der Waals surface area contributed by atoms with Crippen molar-refractivity contribution in [2.45, 2.75) is 63.1 Å². The van der Waals surface area contributed by atoms with Gasteiger partial charge in [-0.3, -0.25) is 0 Å². The smallest absolute Gasteiger partial charge is 0.0828 e. The van der Waals surface area contributed by atoms with Crippen molar-refractivity contribution in [3.63, 3.8) is 0 Å². The van der Waals surface area contributed by atoms with Crippen molar-refractivity contribution >= 4 is 0 Å². The lowest BCUT2D eigenvalue weighted by molar-refractivity contribution is -0.0989. The fraction of sp³-hybridized carbons (Fsp3) is 0.647. The molecule has 2 saturated carbocycles. The average molecular weight is 259 g/mol. The van der Waals surface area contributed by atoms with Gasteiger partial charge >= 0.3 is 0 Å². The summed E-state index contributed by atoms with van der Waals surface area (Å²) in [4.78, 5) is 0. The van der Waals surface area contributed by atoms with E-state index < -0.39 is 5.60 Å². The third-order valence-corrected chi connectivity index (χ3v) is 5.13. The zero-order valence-corrected chi connectivity index (χ0v) is 11.6. The Morgan fingerprint density at radius 2 is 1.84 bits per heavy atom. The Balaban J connectivity index is 1.66. The average Bonchev–Trinajstić information content (AvgIpc) is 2.46. The van der Waals surface area contributed by atoms with E-state index in [0.717, 1.165) is 19.4 Å². The van der Waals surface area contributed by atoms with Gasteiger partial charge in [0.1, 0.15) is 0 Å². The molecule has 2 nitrogen and oxygen atoms in total. The van der Waals surface area contributed by atoms with Crippen molar-refractivity contribution in [3.05, 3.63) is 35.9 Å². The van der Waals surface area contributed by atoms with Gasteiger partial charge in [0.25, 0.3) is 0 Å². The van der Waals surface area contributed by atoms with Crippen LogP contribution in [-0.2, 0) is 6.54 Å². The van der Waals surface area contributed by atoms with Crippen molar-refractivity contribution < 1.29 is 5.11 Å². The molecule has 1 aromatic rings. The van der Waals surface area contributed by atoms with Gasteiger partial charge < -0.3 is 10.4 Å². The highest BCUT2D eigenvalue weighted by atomic mass is 16.3. The second kappa shape index (κ2) is 5.64. The van der Waals surface area contributed by atoms with E-state index in [1.54, 1.807) is 0 Å². The summed E-state index contributed by atoms with van der Waals surface area (Å²) in [5.74, 6) is 0.531. The predicted molar refractivity (Wildman–Crippen MR) is 77.8 cm³/mol. The van der Waals surface area contributed by atoms with Gasteiger partial charge in [-0.2, -0.15) is 0 Å². The summed E-state index contributed by atoms with van der Waals surface area (Å²) >= 11 is 0. The second-order valence-electron chi connectivity index (χ2n) is 6.28. The molecule has 1 aromatic carbocycles. The lowest BCUT2D eigenvalue weighted by Gasteiger charge is -2.49. The number of nitrogens with one attached hydrogen (secondary N) is 1. The van der Waals surface area contributed by atoms with Crippen LogP contribution in [0.3, 0.4) is 0 Å². The van der Waals surface area contributed by atoms with Gasteiger partial charge in [0.05, 0.1) is 5.60 Å². The zero-order chi connectivity index (χ0) is 13.1. The standard InChI is InChI=1S/C17H25NO/c19-17-12-5-4-9-15(17)10-6-11-16(17)18-13-14-7-2-1-3-8-14/h1-3,7-8,15-16,18-19H,4-6,9-13H2/t15-,16-,17+/m1/s1. The molecule has 2 N–H and O–H groups in total. The van der Waals surface area contributed by atoms with E-state index >= 15 is 0 Å². The highest BCUT2D eigenvalue weighted by Crippen LogP contribution is 2.43. The first kappa shape index (κ1) is 13.1. The molecule has 0 spiro atoms. The number of fused-ring (bicyclic) bond motifs is 1. The molecule has 0 unspecified atom stereocenters. The normalized spacial score (nSPS) is 34.8. The van der Waals surface area contributed by atoms with Crippen LogP contribution in [0.25, 0.3) is 0 Å². The zero-order valence-electron chi connectivity index (χ0n) is 11.6. The summed E-state index contributed by atoms with van der Waals surface area (Å²) in [7, 11) is 0. The molecule has 3 rings (SSSR count). The summed E-state index contributed by atoms with van der Waals surface area (Å²) in [6, 6.07) is 10.8. The maximum absolute atomic E-state index is 11.1. The summed E-state index contributed by atoms with van der Waals surface area (Å²) < 4.78 is 0. The number of hydrogen-bond donors (Lipinski definition) is 2. The molecule has 2 aliphatic carbocycles. The maximum Gasteiger partial charge on any atom is 0.0828 e. The largest absolute Gasteiger partial charge is 0.388 e. The lowest BCUT2D eigenvalue weighted by atomic mass is 9.65. The van der Waals surface area contributed by atoms with Crippen LogP contribution in [0.4, 0.5) is 0 Å². The minimum atomic E-state index is -0.439. The quantitative estimate of drug-likeness (QED) is 0.873. The van der Waals surface area contributed by atoms with Crippen molar-refractivity contribution in [1.82, 2.24) is 5.32 Å². The van der Waals surface area contributed by atoms with E-state index in [-0.39, 0.29) is 6.04 Å². The molecule has 0 amide bonds. The van der Waals surface area contributed by atoms with E-state index in [1.165, 1.54) is 37.7 Å². The third-order valence-electron chi connectivity index (χ3n) is 5.13. The highest BCUT2D eigenvalue weighted by molar-refractivity contribution is 5.15. The van der Waals surface area contributed by atoms with Gasteiger partial charge in [-0.25, -0.2) is 0 Å². The Morgan fingerprint density at radius 3 is 2.68 bits per heavy atom. The SMILES string of the molecule is O[C@@]12CCCC[C@@H]1CCC[C@H]2NCc1ccccc1. The van der Waals surface area contributed by atoms with E-state index in [4.69, 9.17) is 0 Å². The molecule has 0 aliphatic heterocycles. The van der Waals surface area contributed by atoms with Crippen LogP contribution in [-0.4, -0.2) is 16.7 Å². The Kier molecular flexibility index (Phi) is 3.90. The Bertz CT molecular complexity index is 403. The van der Waals surface area contributed by atoms with Gasteiger partial charge in [-0.1, -0.05) is 49.6 Å². The van der Waals surface area contributed by atoms with Crippen LogP contribution in [0.1, 0.15) is 50.5 Å². The van der Waals surface area contributed by atoms with E-state index in [0.29, 0.717) is 5.92 Å². The van der Waals surface area contributed by atoms with E-state index in [1.807, 2.05) is 0 Å². The molecule has 2 fully saturated rings. The summed E-state index contributed by atoms with van der Waals surface area (Å²) in [6.45, 7) is 0.876. The number of benzene rings is 1. The van der Waals surface area contributed by atoms with Gasteiger partial charge in [0.2, 0.25) is 0 Å². The Hall–Kier alpha value is -0.860. The molecular formula is C17H25NO. The topological polar surface area (TPSA) is 32.3 Å². The molecule has 104 valence electrons. The molecular weight excluding hydrogens is 234 g/mol. The van der Waals surface area contributed by atoms with E-state index in [9.17, 15) is 5.11 Å². The third kappa shape index (κ3) is 2.70. The molecule has 0 radical (unpaired) electrons. The molecule has 0 saturated heterocycles. The molecule has 3 atom stereocenters. The van der Waals surface area contributed by atoms with Crippen LogP contribution < -0.4 is 5.32 Å². The first-order chi connectivity index (χ1) is 9.29. The molecule has 0 bridgehead atoms. The minimum absolute atomic E-state index is 0.284. The second-order valence-corrected chi connectivity index (χ2v) is 6.28. The molecule has 2 heteroatoms. The van der Waals surface area contributed by atoms with Crippen LogP contribution in [0, 0.1) is 5.92 Å². The van der Waals surface area contributed by atoms with Crippen LogP contribution in [0.5, 0.6) is 0 Å². The maximum atomic E-state index is 11.1. The first-order valence-electron chi connectivity index (χ1n) is 7.79. The molecule has 0 aromatic heterocycles. The Morgan fingerprint density at radius 1 is 1.05 bits per heavy atom. The van der Waals surface area contributed by atoms with Gasteiger partial charge in [-0.05, 0) is 37.2 Å². The monoisotopic (exact) mass is 259 g/mol. The number of hydrogen-bond acceptors (Lipinski definition) is 2. The fourth-order valence-corrected chi connectivity index (χ4v) is 4.04. The lowest BCUT2D eigenvalue weighted by Crippen LogP contribution is -2.58. The molecule has 2 aliphatic rings. The van der Waals surface area contributed by atoms with Gasteiger partial charge in [-0.15, -0.1) is 0 Å². The van der Waals surface area contributed by atoms with Crippen LogP contribution in [0.2, 0.25) is 0 Å². The van der Waals surface area contributed by atoms with Crippen molar-refractivity contribution in [2.24, 2.45) is 5.92 Å². The van der Waals surface area contributed by atoms with Gasteiger partial charge in [0, 0.05) is 12.6 Å². The van der Waals surface area contributed by atoms with Crippen LogP contribution >= 0.6 is 0 Å². The predicted octanol–water partition coefficient (Wildman–Crippen LogP) is 3.25. The van der Waals surface area contributed by atoms with Gasteiger partial charge in [0.15, 0.2) is 0 Å². The first-order valence-corrected chi connectivity index (χ1v) is 7.79.